The number of aromatic nitrogens is 1. The molecule has 7 nitrogen and oxygen atoms in total. The molecule has 13 heteroatoms. The number of nitrogens with one attached hydrogen (secondary N) is 3. The second-order valence-electron chi connectivity index (χ2n) is 8.31. The Bertz CT molecular complexity index is 1250. The van der Waals surface area contributed by atoms with Gasteiger partial charge in [0, 0.05) is 17.4 Å². The first-order valence-corrected chi connectivity index (χ1v) is 11.4. The SMILES string of the molecule is CC1(C)C(=N)N[C@](C)(c2cc(NC(=O)c3ccc(C(F)(F)F)cn3)cc(Cl)c2F)CS1(=O)=O. The van der Waals surface area contributed by atoms with E-state index < -0.39 is 54.4 Å². The van der Waals surface area contributed by atoms with Crippen LogP contribution in [0.25, 0.3) is 0 Å². The van der Waals surface area contributed by atoms with Gasteiger partial charge >= 0.3 is 6.18 Å². The summed E-state index contributed by atoms with van der Waals surface area (Å²) in [7, 11) is -3.88. The molecule has 0 unspecified atom stereocenters. The van der Waals surface area contributed by atoms with E-state index in [2.05, 4.69) is 15.6 Å². The summed E-state index contributed by atoms with van der Waals surface area (Å²) >= 11 is 5.97. The lowest BCUT2D eigenvalue weighted by atomic mass is 9.91. The van der Waals surface area contributed by atoms with Gasteiger partial charge in [0.1, 0.15) is 22.1 Å². The van der Waals surface area contributed by atoms with Crippen molar-refractivity contribution in [2.24, 2.45) is 0 Å². The maximum Gasteiger partial charge on any atom is 0.417 e. The van der Waals surface area contributed by atoms with E-state index in [0.717, 1.165) is 18.2 Å². The molecule has 1 aliphatic heterocycles. The Morgan fingerprint density at radius 3 is 2.39 bits per heavy atom. The molecule has 0 saturated carbocycles. The second-order valence-corrected chi connectivity index (χ2v) is 11.3. The summed E-state index contributed by atoms with van der Waals surface area (Å²) in [5.74, 6) is -2.73. The van der Waals surface area contributed by atoms with Gasteiger partial charge in [0.25, 0.3) is 5.91 Å². The summed E-state index contributed by atoms with van der Waals surface area (Å²) in [6.45, 7) is 4.09. The number of anilines is 1. The molecule has 1 amide bonds. The second kappa shape index (κ2) is 7.94. The predicted octanol–water partition coefficient (Wildman–Crippen LogP) is 4.13. The minimum absolute atomic E-state index is 0.0418. The Balaban J connectivity index is 1.95. The number of carbonyl (C=O) groups is 1. The molecular weight excluding hydrogens is 488 g/mol. The third-order valence-corrected chi connectivity index (χ3v) is 8.45. The molecule has 3 rings (SSSR count). The molecule has 1 atom stereocenters. The number of halogens is 5. The Labute approximate surface area is 192 Å². The van der Waals surface area contributed by atoms with Gasteiger partial charge in [0.15, 0.2) is 9.84 Å². The monoisotopic (exact) mass is 506 g/mol. The molecule has 33 heavy (non-hydrogen) atoms. The number of rotatable bonds is 3. The van der Waals surface area contributed by atoms with E-state index in [9.17, 15) is 30.8 Å². The lowest BCUT2D eigenvalue weighted by Gasteiger charge is -2.43. The van der Waals surface area contributed by atoms with Crippen molar-refractivity contribution in [3.05, 3.63) is 58.1 Å². The number of amidine groups is 1. The van der Waals surface area contributed by atoms with Crippen molar-refractivity contribution in [3.63, 3.8) is 0 Å². The average Bonchev–Trinajstić information content (AvgIpc) is 2.68. The van der Waals surface area contributed by atoms with Crippen LogP contribution in [0.15, 0.2) is 30.5 Å². The third kappa shape index (κ3) is 4.54. The van der Waals surface area contributed by atoms with Crippen molar-refractivity contribution in [1.82, 2.24) is 10.3 Å². The summed E-state index contributed by atoms with van der Waals surface area (Å²) in [6.07, 6.45) is -4.12. The minimum atomic E-state index is -4.62. The Morgan fingerprint density at radius 1 is 1.24 bits per heavy atom. The zero-order chi connectivity index (χ0) is 25.0. The number of sulfone groups is 1. The number of pyridine rings is 1. The number of carbonyl (C=O) groups excluding carboxylic acids is 1. The summed E-state index contributed by atoms with van der Waals surface area (Å²) in [4.78, 5) is 15.9. The summed E-state index contributed by atoms with van der Waals surface area (Å²) in [5.41, 5.74) is -3.20. The van der Waals surface area contributed by atoms with Crippen LogP contribution in [-0.4, -0.2) is 35.6 Å². The fraction of sp³-hybridized carbons (Fsp3) is 0.350. The molecule has 1 saturated heterocycles. The van der Waals surface area contributed by atoms with E-state index in [1.807, 2.05) is 0 Å². The van der Waals surface area contributed by atoms with Gasteiger partial charge in [-0.15, -0.1) is 0 Å². The van der Waals surface area contributed by atoms with Crippen LogP contribution in [0.5, 0.6) is 0 Å². The van der Waals surface area contributed by atoms with Crippen molar-refractivity contribution in [2.75, 3.05) is 11.1 Å². The Morgan fingerprint density at radius 2 is 1.88 bits per heavy atom. The van der Waals surface area contributed by atoms with Crippen LogP contribution in [0.3, 0.4) is 0 Å². The number of nitrogens with zero attached hydrogens (tertiary/aromatic N) is 1. The molecule has 1 aliphatic rings. The lowest BCUT2D eigenvalue weighted by Crippen LogP contribution is -2.64. The molecule has 0 bridgehead atoms. The first kappa shape index (κ1) is 24.9. The standard InChI is InChI=1S/C20H19ClF4N4O3S/c1-18(2)17(26)29-19(3,9-33(18,31)32)12-6-11(7-13(21)15(12)22)28-16(30)14-5-4-10(8-27-14)20(23,24)25/h4-8H,9H2,1-3H3,(H2,26,29)(H,28,30)/t19-/m0/s1. The molecule has 3 N–H and O–H groups in total. The summed E-state index contributed by atoms with van der Waals surface area (Å²) in [5, 5.41) is 12.8. The van der Waals surface area contributed by atoms with Gasteiger partial charge in [-0.2, -0.15) is 13.2 Å². The van der Waals surface area contributed by atoms with Crippen molar-refractivity contribution in [3.8, 4) is 0 Å². The molecule has 1 fully saturated rings. The van der Waals surface area contributed by atoms with Crippen molar-refractivity contribution < 1.29 is 30.8 Å². The van der Waals surface area contributed by atoms with Gasteiger partial charge in [0.05, 0.1) is 21.9 Å². The molecule has 2 aromatic rings. The highest BCUT2D eigenvalue weighted by molar-refractivity contribution is 7.93. The highest BCUT2D eigenvalue weighted by Crippen LogP contribution is 2.38. The van der Waals surface area contributed by atoms with Gasteiger partial charge < -0.3 is 10.6 Å². The van der Waals surface area contributed by atoms with Crippen molar-refractivity contribution in [2.45, 2.75) is 37.2 Å². The van der Waals surface area contributed by atoms with Crippen molar-refractivity contribution in [1.29, 1.82) is 5.41 Å². The molecule has 0 aliphatic carbocycles. The van der Waals surface area contributed by atoms with Crippen LogP contribution < -0.4 is 10.6 Å². The van der Waals surface area contributed by atoms with Crippen LogP contribution >= 0.6 is 11.6 Å². The zero-order valence-electron chi connectivity index (χ0n) is 17.6. The van der Waals surface area contributed by atoms with Crippen LogP contribution in [0.2, 0.25) is 5.02 Å². The third-order valence-electron chi connectivity index (χ3n) is 5.46. The summed E-state index contributed by atoms with van der Waals surface area (Å²) < 4.78 is 77.0. The minimum Gasteiger partial charge on any atom is -0.362 e. The molecule has 178 valence electrons. The molecule has 1 aromatic carbocycles. The van der Waals surface area contributed by atoms with Crippen molar-refractivity contribution >= 4 is 38.9 Å². The Kier molecular flexibility index (Phi) is 5.99. The maximum atomic E-state index is 14.9. The quantitative estimate of drug-likeness (QED) is 0.542. The summed E-state index contributed by atoms with van der Waals surface area (Å²) in [6, 6.07) is 3.79. The van der Waals surface area contributed by atoms with Crippen LogP contribution in [-0.2, 0) is 21.6 Å². The largest absolute Gasteiger partial charge is 0.417 e. The Hall–Kier alpha value is -2.73. The van der Waals surface area contributed by atoms with Gasteiger partial charge in [-0.3, -0.25) is 15.2 Å². The molecular formula is C20H19ClF4N4O3S. The van der Waals surface area contributed by atoms with Gasteiger partial charge in [-0.05, 0) is 45.0 Å². The topological polar surface area (TPSA) is 112 Å². The maximum absolute atomic E-state index is 14.9. The van der Waals surface area contributed by atoms with E-state index in [4.69, 9.17) is 17.0 Å². The molecule has 0 spiro atoms. The first-order valence-electron chi connectivity index (χ1n) is 9.41. The normalized spacial score (nSPS) is 21.9. The van der Waals surface area contributed by atoms with E-state index in [1.165, 1.54) is 20.8 Å². The molecule has 2 heterocycles. The van der Waals surface area contributed by atoms with E-state index in [-0.39, 0.29) is 22.8 Å². The molecule has 0 radical (unpaired) electrons. The fourth-order valence-electron chi connectivity index (χ4n) is 3.28. The highest BCUT2D eigenvalue weighted by atomic mass is 35.5. The van der Waals surface area contributed by atoms with Crippen LogP contribution in [0, 0.1) is 11.2 Å². The van der Waals surface area contributed by atoms with E-state index in [0.29, 0.717) is 12.3 Å². The number of hydrogen-bond acceptors (Lipinski definition) is 5. The molecule has 1 aromatic heterocycles. The van der Waals surface area contributed by atoms with E-state index in [1.54, 1.807) is 0 Å². The number of amides is 1. The highest BCUT2D eigenvalue weighted by Gasteiger charge is 2.51. The van der Waals surface area contributed by atoms with Gasteiger partial charge in [0.2, 0.25) is 0 Å². The number of benzene rings is 1. The van der Waals surface area contributed by atoms with Crippen LogP contribution in [0.4, 0.5) is 23.2 Å². The fourth-order valence-corrected chi connectivity index (χ4v) is 5.21. The smallest absolute Gasteiger partial charge is 0.362 e. The van der Waals surface area contributed by atoms with Crippen LogP contribution in [0.1, 0.15) is 42.4 Å². The van der Waals surface area contributed by atoms with Gasteiger partial charge in [-0.1, -0.05) is 11.6 Å². The lowest BCUT2D eigenvalue weighted by molar-refractivity contribution is -0.137. The average molecular weight is 507 g/mol. The zero-order valence-corrected chi connectivity index (χ0v) is 19.1. The number of alkyl halides is 3. The number of hydrogen-bond donors (Lipinski definition) is 3. The predicted molar refractivity (Wildman–Crippen MR) is 115 cm³/mol. The van der Waals surface area contributed by atoms with Gasteiger partial charge in [-0.25, -0.2) is 12.8 Å². The van der Waals surface area contributed by atoms with E-state index >= 15 is 0 Å². The first-order chi connectivity index (χ1) is 15.0.